The lowest BCUT2D eigenvalue weighted by molar-refractivity contribution is -0.141. The van der Waals surface area contributed by atoms with Crippen LogP contribution in [-0.4, -0.2) is 24.0 Å². The van der Waals surface area contributed by atoms with Gasteiger partial charge in [-0.25, -0.2) is 0 Å². The zero-order valence-corrected chi connectivity index (χ0v) is 9.95. The summed E-state index contributed by atoms with van der Waals surface area (Å²) in [6.45, 7) is 0. The third-order valence-electron chi connectivity index (χ3n) is 3.00. The van der Waals surface area contributed by atoms with Crippen molar-refractivity contribution in [1.82, 2.24) is 0 Å². The van der Waals surface area contributed by atoms with Crippen LogP contribution in [0, 0.1) is 5.41 Å². The summed E-state index contributed by atoms with van der Waals surface area (Å²) in [5.74, 6) is -1.15. The van der Waals surface area contributed by atoms with Crippen molar-refractivity contribution in [2.75, 3.05) is 7.11 Å². The van der Waals surface area contributed by atoms with Crippen molar-refractivity contribution >= 4 is 23.4 Å². The van der Waals surface area contributed by atoms with E-state index in [1.807, 2.05) is 0 Å². The number of ether oxygens (including phenoxy) is 1. The number of methoxy groups -OCH3 is 1. The standard InChI is InChI=1S/C12H11ClO4/c1-17-9-3-2-7(13)6-8(9)10(14)12(4-5-12)11(15)16/h2-3,6H,4-5H2,1H3,(H,15,16). The predicted molar refractivity (Wildman–Crippen MR) is 61.6 cm³/mol. The van der Waals surface area contributed by atoms with E-state index in [9.17, 15) is 9.59 Å². The van der Waals surface area contributed by atoms with Gasteiger partial charge in [-0.05, 0) is 31.0 Å². The molecule has 0 bridgehead atoms. The highest BCUT2D eigenvalue weighted by Gasteiger charge is 2.57. The molecule has 1 aliphatic rings. The molecule has 1 saturated carbocycles. The van der Waals surface area contributed by atoms with Gasteiger partial charge < -0.3 is 9.84 Å². The van der Waals surface area contributed by atoms with Crippen LogP contribution in [0.15, 0.2) is 18.2 Å². The number of rotatable bonds is 4. The molecule has 0 radical (unpaired) electrons. The van der Waals surface area contributed by atoms with Crippen LogP contribution in [0.25, 0.3) is 0 Å². The minimum atomic E-state index is -1.27. The number of hydrogen-bond acceptors (Lipinski definition) is 3. The van der Waals surface area contributed by atoms with E-state index in [1.165, 1.54) is 13.2 Å². The molecule has 2 rings (SSSR count). The maximum Gasteiger partial charge on any atom is 0.317 e. The highest BCUT2D eigenvalue weighted by molar-refractivity contribution is 6.31. The normalized spacial score (nSPS) is 16.4. The van der Waals surface area contributed by atoms with Gasteiger partial charge in [0.15, 0.2) is 5.78 Å². The summed E-state index contributed by atoms with van der Waals surface area (Å²) in [7, 11) is 1.43. The zero-order chi connectivity index (χ0) is 12.6. The first-order chi connectivity index (χ1) is 8.01. The van der Waals surface area contributed by atoms with Crippen LogP contribution in [-0.2, 0) is 4.79 Å². The maximum absolute atomic E-state index is 12.2. The summed E-state index contributed by atoms with van der Waals surface area (Å²) in [4.78, 5) is 23.3. The van der Waals surface area contributed by atoms with Crippen molar-refractivity contribution in [3.8, 4) is 5.75 Å². The molecule has 1 aromatic rings. The van der Waals surface area contributed by atoms with Gasteiger partial charge >= 0.3 is 5.97 Å². The number of benzene rings is 1. The second-order valence-corrected chi connectivity index (χ2v) is 4.50. The zero-order valence-electron chi connectivity index (χ0n) is 9.20. The van der Waals surface area contributed by atoms with Gasteiger partial charge in [0, 0.05) is 5.02 Å². The third-order valence-corrected chi connectivity index (χ3v) is 3.24. The number of carbonyl (C=O) groups is 2. The van der Waals surface area contributed by atoms with Gasteiger partial charge in [0.1, 0.15) is 11.2 Å². The van der Waals surface area contributed by atoms with Crippen LogP contribution in [0.2, 0.25) is 5.02 Å². The molecule has 4 nitrogen and oxygen atoms in total. The maximum atomic E-state index is 12.2. The Kier molecular flexibility index (Phi) is 2.83. The van der Waals surface area contributed by atoms with E-state index in [1.54, 1.807) is 12.1 Å². The van der Waals surface area contributed by atoms with E-state index in [0.29, 0.717) is 23.6 Å². The van der Waals surface area contributed by atoms with Crippen LogP contribution in [0.3, 0.4) is 0 Å². The second-order valence-electron chi connectivity index (χ2n) is 4.06. The van der Waals surface area contributed by atoms with E-state index in [0.717, 1.165) is 0 Å². The fraction of sp³-hybridized carbons (Fsp3) is 0.333. The molecule has 5 heteroatoms. The van der Waals surface area contributed by atoms with Crippen LogP contribution < -0.4 is 4.74 Å². The van der Waals surface area contributed by atoms with Crippen molar-refractivity contribution in [3.05, 3.63) is 28.8 Å². The number of carboxylic acid groups (broad SMARTS) is 1. The summed E-state index contributed by atoms with van der Waals surface area (Å²) in [6.07, 6.45) is 0.744. The smallest absolute Gasteiger partial charge is 0.317 e. The average molecular weight is 255 g/mol. The molecule has 0 heterocycles. The molecule has 0 spiro atoms. The second kappa shape index (κ2) is 4.04. The third kappa shape index (κ3) is 1.89. The first kappa shape index (κ1) is 11.9. The number of carboxylic acids is 1. The van der Waals surface area contributed by atoms with Crippen molar-refractivity contribution in [1.29, 1.82) is 0 Å². The van der Waals surface area contributed by atoms with Gasteiger partial charge in [0.25, 0.3) is 0 Å². The van der Waals surface area contributed by atoms with E-state index in [4.69, 9.17) is 21.4 Å². The first-order valence-corrected chi connectivity index (χ1v) is 5.51. The Bertz CT molecular complexity index is 491. The minimum Gasteiger partial charge on any atom is -0.496 e. The Morgan fingerprint density at radius 1 is 1.41 bits per heavy atom. The Morgan fingerprint density at radius 3 is 2.53 bits per heavy atom. The molecular formula is C12H11ClO4. The van der Waals surface area contributed by atoms with E-state index in [-0.39, 0.29) is 5.56 Å². The Morgan fingerprint density at radius 2 is 2.06 bits per heavy atom. The van der Waals surface area contributed by atoms with Gasteiger partial charge in [-0.2, -0.15) is 0 Å². The number of carbonyl (C=O) groups excluding carboxylic acids is 1. The lowest BCUT2D eigenvalue weighted by atomic mass is 9.94. The largest absolute Gasteiger partial charge is 0.496 e. The number of Topliss-reactive ketones (excluding diaryl/α,β-unsaturated/α-hetero) is 1. The molecule has 90 valence electrons. The van der Waals surface area contributed by atoms with Gasteiger partial charge in [-0.15, -0.1) is 0 Å². The summed E-state index contributed by atoms with van der Waals surface area (Å²) in [5.41, 5.74) is -1.03. The molecule has 0 unspecified atom stereocenters. The lowest BCUT2D eigenvalue weighted by Crippen LogP contribution is -2.26. The summed E-state index contributed by atoms with van der Waals surface area (Å²) in [5, 5.41) is 9.46. The molecule has 0 amide bonds. The van der Waals surface area contributed by atoms with Crippen LogP contribution >= 0.6 is 11.6 Å². The molecule has 0 atom stereocenters. The summed E-state index contributed by atoms with van der Waals surface area (Å²) >= 11 is 5.81. The average Bonchev–Trinajstić information content (AvgIpc) is 3.09. The monoisotopic (exact) mass is 254 g/mol. The summed E-state index contributed by atoms with van der Waals surface area (Å²) in [6, 6.07) is 4.61. The Labute approximate surface area is 103 Å². The highest BCUT2D eigenvalue weighted by Crippen LogP contribution is 2.49. The molecule has 1 fully saturated rings. The SMILES string of the molecule is COc1ccc(Cl)cc1C(=O)C1(C(=O)O)CC1. The molecule has 1 aliphatic carbocycles. The van der Waals surface area contributed by atoms with Gasteiger partial charge in [-0.1, -0.05) is 11.6 Å². The molecule has 1 aromatic carbocycles. The number of hydrogen-bond donors (Lipinski definition) is 1. The van der Waals surface area contributed by atoms with Crippen molar-refractivity contribution < 1.29 is 19.4 Å². The lowest BCUT2D eigenvalue weighted by Gasteiger charge is -2.12. The minimum absolute atomic E-state index is 0.236. The topological polar surface area (TPSA) is 63.6 Å². The molecule has 0 aliphatic heterocycles. The Hall–Kier alpha value is -1.55. The summed E-state index contributed by atoms with van der Waals surface area (Å²) < 4.78 is 5.05. The van der Waals surface area contributed by atoms with Crippen molar-refractivity contribution in [3.63, 3.8) is 0 Å². The van der Waals surface area contributed by atoms with Gasteiger partial charge in [0.2, 0.25) is 0 Å². The first-order valence-electron chi connectivity index (χ1n) is 5.13. The van der Waals surface area contributed by atoms with Crippen LogP contribution in [0.5, 0.6) is 5.75 Å². The fourth-order valence-corrected chi connectivity index (χ4v) is 1.95. The molecule has 17 heavy (non-hydrogen) atoms. The molecule has 0 saturated heterocycles. The molecule has 0 aromatic heterocycles. The number of aliphatic carboxylic acids is 1. The van der Waals surface area contributed by atoms with E-state index < -0.39 is 17.2 Å². The van der Waals surface area contributed by atoms with Gasteiger partial charge in [-0.3, -0.25) is 9.59 Å². The van der Waals surface area contributed by atoms with Gasteiger partial charge in [0.05, 0.1) is 12.7 Å². The molecular weight excluding hydrogens is 244 g/mol. The number of ketones is 1. The van der Waals surface area contributed by atoms with E-state index in [2.05, 4.69) is 0 Å². The predicted octanol–water partition coefficient (Wildman–Crippen LogP) is 2.40. The molecule has 1 N–H and O–H groups in total. The van der Waals surface area contributed by atoms with Crippen LogP contribution in [0.1, 0.15) is 23.2 Å². The Balaban J connectivity index is 2.44. The number of halogens is 1. The van der Waals surface area contributed by atoms with Crippen molar-refractivity contribution in [2.24, 2.45) is 5.41 Å². The highest BCUT2D eigenvalue weighted by atomic mass is 35.5. The van der Waals surface area contributed by atoms with Crippen LogP contribution in [0.4, 0.5) is 0 Å². The van der Waals surface area contributed by atoms with E-state index >= 15 is 0 Å². The van der Waals surface area contributed by atoms with Crippen molar-refractivity contribution in [2.45, 2.75) is 12.8 Å². The fourth-order valence-electron chi connectivity index (χ4n) is 1.78. The quantitative estimate of drug-likeness (QED) is 0.662.